The van der Waals surface area contributed by atoms with Crippen molar-refractivity contribution >= 4 is 11.6 Å². The number of phenols is 1. The molecule has 0 aliphatic rings. The van der Waals surface area contributed by atoms with Crippen LogP contribution in [-0.4, -0.2) is 5.11 Å². The van der Waals surface area contributed by atoms with Gasteiger partial charge in [0, 0.05) is 11.6 Å². The number of benzene rings is 1. The molecule has 1 aromatic rings. The third kappa shape index (κ3) is 1.64. The molecular weight excluding hydrogens is 212 g/mol. The van der Waals surface area contributed by atoms with Crippen LogP contribution in [0.25, 0.3) is 0 Å². The van der Waals surface area contributed by atoms with E-state index in [1.807, 2.05) is 0 Å². The third-order valence-electron chi connectivity index (χ3n) is 1.80. The summed E-state index contributed by atoms with van der Waals surface area (Å²) < 4.78 is 26.1. The van der Waals surface area contributed by atoms with Gasteiger partial charge in [-0.05, 0) is 6.92 Å². The fourth-order valence-electron chi connectivity index (χ4n) is 1.07. The summed E-state index contributed by atoms with van der Waals surface area (Å²) in [6.45, 7) is 1.38. The van der Waals surface area contributed by atoms with Gasteiger partial charge < -0.3 is 5.11 Å². The molecule has 1 aromatic carbocycles. The van der Waals surface area contributed by atoms with Gasteiger partial charge in [-0.1, -0.05) is 11.6 Å². The molecule has 0 bridgehead atoms. The van der Waals surface area contributed by atoms with Gasteiger partial charge in [0.25, 0.3) is 0 Å². The van der Waals surface area contributed by atoms with Crippen LogP contribution in [0, 0.1) is 23.0 Å². The highest BCUT2D eigenvalue weighted by molar-refractivity contribution is 6.31. The molecular formula is C9H6ClF2NO. The number of rotatable bonds is 1. The Labute approximate surface area is 84.3 Å². The summed E-state index contributed by atoms with van der Waals surface area (Å²) in [5, 5.41) is 17.0. The smallest absolute Gasteiger partial charge is 0.152 e. The van der Waals surface area contributed by atoms with Crippen molar-refractivity contribution < 1.29 is 13.9 Å². The normalized spacial score (nSPS) is 12.2. The van der Waals surface area contributed by atoms with Crippen LogP contribution in [0.5, 0.6) is 5.75 Å². The number of aromatic hydroxyl groups is 1. The SMILES string of the molecule is CC(C#N)c1c(O)cc(F)c(Cl)c1F. The second-order valence-corrected chi connectivity index (χ2v) is 3.15. The molecule has 1 N–H and O–H groups in total. The van der Waals surface area contributed by atoms with E-state index in [-0.39, 0.29) is 5.56 Å². The summed E-state index contributed by atoms with van der Waals surface area (Å²) in [5.41, 5.74) is -0.279. The number of phenolic OH excluding ortho intramolecular Hbond substituents is 1. The van der Waals surface area contributed by atoms with Crippen molar-refractivity contribution in [3.05, 3.63) is 28.3 Å². The minimum Gasteiger partial charge on any atom is -0.507 e. The van der Waals surface area contributed by atoms with Crippen LogP contribution in [0.2, 0.25) is 5.02 Å². The summed E-state index contributed by atoms with van der Waals surface area (Å²) in [6, 6.07) is 2.42. The Balaban J connectivity index is 3.45. The standard InChI is InChI=1S/C9H6ClF2NO/c1-4(3-13)7-6(14)2-5(11)8(10)9(7)12/h2,4,14H,1H3. The second kappa shape index (κ2) is 3.81. The van der Waals surface area contributed by atoms with Gasteiger partial charge in [0.05, 0.1) is 12.0 Å². The second-order valence-electron chi connectivity index (χ2n) is 2.77. The maximum atomic E-state index is 13.3. The largest absolute Gasteiger partial charge is 0.507 e. The summed E-state index contributed by atoms with van der Waals surface area (Å²) >= 11 is 5.29. The van der Waals surface area contributed by atoms with Crippen molar-refractivity contribution in [3.63, 3.8) is 0 Å². The van der Waals surface area contributed by atoms with Crippen LogP contribution in [-0.2, 0) is 0 Å². The molecule has 0 aliphatic heterocycles. The Bertz CT molecular complexity index is 414. The topological polar surface area (TPSA) is 44.0 Å². The van der Waals surface area contributed by atoms with E-state index >= 15 is 0 Å². The predicted molar refractivity (Wildman–Crippen MR) is 47.1 cm³/mol. The molecule has 0 fully saturated rings. The number of nitriles is 1. The summed E-state index contributed by atoms with van der Waals surface area (Å²) in [6.07, 6.45) is 0. The monoisotopic (exact) mass is 217 g/mol. The van der Waals surface area contributed by atoms with Gasteiger partial charge in [0.15, 0.2) is 5.82 Å². The van der Waals surface area contributed by atoms with E-state index in [2.05, 4.69) is 0 Å². The lowest BCUT2D eigenvalue weighted by Gasteiger charge is -2.09. The molecule has 0 saturated carbocycles. The molecule has 2 nitrogen and oxygen atoms in total. The van der Waals surface area contributed by atoms with Gasteiger partial charge in [0.2, 0.25) is 0 Å². The number of hydrogen-bond donors (Lipinski definition) is 1. The zero-order valence-corrected chi connectivity index (χ0v) is 7.94. The molecule has 0 spiro atoms. The van der Waals surface area contributed by atoms with E-state index < -0.39 is 28.3 Å². The van der Waals surface area contributed by atoms with Gasteiger partial charge >= 0.3 is 0 Å². The van der Waals surface area contributed by atoms with Crippen LogP contribution in [0.1, 0.15) is 18.4 Å². The molecule has 5 heteroatoms. The molecule has 1 unspecified atom stereocenters. The molecule has 0 heterocycles. The maximum absolute atomic E-state index is 13.3. The van der Waals surface area contributed by atoms with Gasteiger partial charge in [-0.3, -0.25) is 0 Å². The van der Waals surface area contributed by atoms with Crippen molar-refractivity contribution in [2.75, 3.05) is 0 Å². The van der Waals surface area contributed by atoms with Gasteiger partial charge in [0.1, 0.15) is 16.6 Å². The highest BCUT2D eigenvalue weighted by atomic mass is 35.5. The Morgan fingerprint density at radius 2 is 2.14 bits per heavy atom. The fraction of sp³-hybridized carbons (Fsp3) is 0.222. The van der Waals surface area contributed by atoms with Crippen molar-refractivity contribution in [3.8, 4) is 11.8 Å². The molecule has 1 atom stereocenters. The predicted octanol–water partition coefficient (Wildman–Crippen LogP) is 2.95. The van der Waals surface area contributed by atoms with E-state index in [0.29, 0.717) is 6.07 Å². The van der Waals surface area contributed by atoms with Crippen molar-refractivity contribution in [2.45, 2.75) is 12.8 Å². The molecule has 74 valence electrons. The van der Waals surface area contributed by atoms with E-state index in [0.717, 1.165) is 0 Å². The Hall–Kier alpha value is -1.34. The molecule has 1 rings (SSSR count). The number of hydrogen-bond acceptors (Lipinski definition) is 2. The van der Waals surface area contributed by atoms with Gasteiger partial charge in [-0.25, -0.2) is 8.78 Å². The van der Waals surface area contributed by atoms with Crippen molar-refractivity contribution in [1.29, 1.82) is 5.26 Å². The summed E-state index contributed by atoms with van der Waals surface area (Å²) in [5.74, 6) is -3.61. The molecule has 14 heavy (non-hydrogen) atoms. The minimum atomic E-state index is -1.08. The van der Waals surface area contributed by atoms with Crippen molar-refractivity contribution in [2.24, 2.45) is 0 Å². The molecule has 0 aromatic heterocycles. The highest BCUT2D eigenvalue weighted by Crippen LogP contribution is 2.34. The zero-order chi connectivity index (χ0) is 10.9. The van der Waals surface area contributed by atoms with E-state index in [1.54, 1.807) is 6.07 Å². The van der Waals surface area contributed by atoms with E-state index in [4.69, 9.17) is 16.9 Å². The first-order valence-electron chi connectivity index (χ1n) is 3.75. The lowest BCUT2D eigenvalue weighted by atomic mass is 10.0. The van der Waals surface area contributed by atoms with Gasteiger partial charge in [-0.15, -0.1) is 0 Å². The average Bonchev–Trinajstić information content (AvgIpc) is 2.14. The average molecular weight is 218 g/mol. The Morgan fingerprint density at radius 3 is 2.64 bits per heavy atom. The molecule has 0 aliphatic carbocycles. The van der Waals surface area contributed by atoms with E-state index in [9.17, 15) is 13.9 Å². The van der Waals surface area contributed by atoms with Gasteiger partial charge in [-0.2, -0.15) is 5.26 Å². The van der Waals surface area contributed by atoms with Crippen LogP contribution in [0.3, 0.4) is 0 Å². The molecule has 0 radical (unpaired) electrons. The van der Waals surface area contributed by atoms with Crippen molar-refractivity contribution in [1.82, 2.24) is 0 Å². The number of nitrogens with zero attached hydrogens (tertiary/aromatic N) is 1. The lowest BCUT2D eigenvalue weighted by Crippen LogP contribution is -1.98. The zero-order valence-electron chi connectivity index (χ0n) is 7.18. The minimum absolute atomic E-state index is 0.279. The summed E-state index contributed by atoms with van der Waals surface area (Å²) in [7, 11) is 0. The first-order valence-corrected chi connectivity index (χ1v) is 4.12. The fourth-order valence-corrected chi connectivity index (χ4v) is 1.23. The highest BCUT2D eigenvalue weighted by Gasteiger charge is 2.21. The third-order valence-corrected chi connectivity index (χ3v) is 2.15. The van der Waals surface area contributed by atoms with Crippen LogP contribution < -0.4 is 0 Å². The van der Waals surface area contributed by atoms with Crippen LogP contribution in [0.15, 0.2) is 6.07 Å². The Morgan fingerprint density at radius 1 is 1.57 bits per heavy atom. The van der Waals surface area contributed by atoms with Crippen LogP contribution >= 0.6 is 11.6 Å². The molecule has 0 saturated heterocycles. The van der Waals surface area contributed by atoms with E-state index in [1.165, 1.54) is 6.92 Å². The lowest BCUT2D eigenvalue weighted by molar-refractivity contribution is 0.448. The summed E-state index contributed by atoms with van der Waals surface area (Å²) in [4.78, 5) is 0. The quantitative estimate of drug-likeness (QED) is 0.735. The number of halogens is 3. The maximum Gasteiger partial charge on any atom is 0.152 e. The first-order chi connectivity index (χ1) is 6.49. The first kappa shape index (κ1) is 10.7. The van der Waals surface area contributed by atoms with Crippen LogP contribution in [0.4, 0.5) is 8.78 Å². The Kier molecular flexibility index (Phi) is 2.92. The molecule has 0 amide bonds.